The van der Waals surface area contributed by atoms with Gasteiger partial charge in [-0.05, 0) is 49.9 Å². The van der Waals surface area contributed by atoms with Crippen molar-refractivity contribution in [3.63, 3.8) is 0 Å². The number of methoxy groups -OCH3 is 1. The van der Waals surface area contributed by atoms with Crippen LogP contribution in [-0.2, 0) is 4.79 Å². The van der Waals surface area contributed by atoms with Crippen molar-refractivity contribution in [1.29, 1.82) is 0 Å². The molecule has 2 rings (SSSR count). The van der Waals surface area contributed by atoms with E-state index < -0.39 is 0 Å². The van der Waals surface area contributed by atoms with Crippen LogP contribution in [0.15, 0.2) is 29.3 Å². The van der Waals surface area contributed by atoms with Gasteiger partial charge in [-0.1, -0.05) is 6.92 Å². The number of carbonyl (C=O) groups is 1. The molecule has 1 heterocycles. The Labute approximate surface area is 168 Å². The molecule has 7 heteroatoms. The topological polar surface area (TPSA) is 75.2 Å². The fourth-order valence-electron chi connectivity index (χ4n) is 3.19. The second kappa shape index (κ2) is 12.1. The molecule has 0 bridgehead atoms. The Kier molecular flexibility index (Phi) is 9.45. The highest BCUT2D eigenvalue weighted by molar-refractivity contribution is 5.80. The number of likely N-dealkylation sites (tertiary alicyclic amines) is 1. The lowest BCUT2D eigenvalue weighted by molar-refractivity contribution is -0.132. The number of carbonyl (C=O) groups excluding carboxylic acids is 1. The zero-order valence-electron chi connectivity index (χ0n) is 17.4. The maximum absolute atomic E-state index is 12.3. The third-order valence-electron chi connectivity index (χ3n) is 4.67. The molecule has 0 aliphatic carbocycles. The van der Waals surface area contributed by atoms with Gasteiger partial charge in [-0.2, -0.15) is 0 Å². The van der Waals surface area contributed by atoms with Gasteiger partial charge < -0.3 is 25.0 Å². The summed E-state index contributed by atoms with van der Waals surface area (Å²) in [5.74, 6) is 3.12. The van der Waals surface area contributed by atoms with Crippen molar-refractivity contribution in [2.45, 2.75) is 33.1 Å². The van der Waals surface area contributed by atoms with Gasteiger partial charge in [0.2, 0.25) is 5.91 Å². The van der Waals surface area contributed by atoms with E-state index in [0.29, 0.717) is 38.0 Å². The Morgan fingerprint density at radius 2 is 2.00 bits per heavy atom. The molecule has 1 fully saturated rings. The minimum atomic E-state index is 0.203. The number of amides is 1. The summed E-state index contributed by atoms with van der Waals surface area (Å²) in [5.41, 5.74) is 0. The molecule has 0 spiro atoms. The minimum Gasteiger partial charge on any atom is -0.497 e. The van der Waals surface area contributed by atoms with Crippen LogP contribution in [0.1, 0.15) is 33.1 Å². The predicted molar refractivity (Wildman–Crippen MR) is 112 cm³/mol. The van der Waals surface area contributed by atoms with Crippen LogP contribution < -0.4 is 20.1 Å². The zero-order chi connectivity index (χ0) is 20.2. The SMILES string of the molecule is CCNC(=NCCC(=O)N1CCCC(C)C1)NCCOc1ccc(OC)cc1. The van der Waals surface area contributed by atoms with Gasteiger partial charge in [-0.3, -0.25) is 9.79 Å². The number of aliphatic imine (C=N–C) groups is 1. The summed E-state index contributed by atoms with van der Waals surface area (Å²) in [6.45, 7) is 8.37. The molecule has 1 unspecified atom stereocenters. The number of hydrogen-bond acceptors (Lipinski definition) is 4. The first-order valence-corrected chi connectivity index (χ1v) is 10.2. The lowest BCUT2D eigenvalue weighted by atomic mass is 10.00. The first-order valence-electron chi connectivity index (χ1n) is 10.2. The molecule has 1 aliphatic heterocycles. The fraction of sp³-hybridized carbons (Fsp3) is 0.619. The van der Waals surface area contributed by atoms with E-state index in [2.05, 4.69) is 22.5 Å². The molecule has 156 valence electrons. The van der Waals surface area contributed by atoms with Gasteiger partial charge in [-0.25, -0.2) is 0 Å². The van der Waals surface area contributed by atoms with Crippen molar-refractivity contribution >= 4 is 11.9 Å². The van der Waals surface area contributed by atoms with E-state index in [1.54, 1.807) is 7.11 Å². The van der Waals surface area contributed by atoms with Crippen molar-refractivity contribution in [2.75, 3.05) is 46.4 Å². The highest BCUT2D eigenvalue weighted by Gasteiger charge is 2.20. The molecule has 1 saturated heterocycles. The minimum absolute atomic E-state index is 0.203. The van der Waals surface area contributed by atoms with E-state index >= 15 is 0 Å². The highest BCUT2D eigenvalue weighted by Crippen LogP contribution is 2.17. The summed E-state index contributed by atoms with van der Waals surface area (Å²) < 4.78 is 10.8. The van der Waals surface area contributed by atoms with Crippen LogP contribution in [-0.4, -0.2) is 63.2 Å². The van der Waals surface area contributed by atoms with Crippen LogP contribution in [0.2, 0.25) is 0 Å². The quantitative estimate of drug-likeness (QED) is 0.384. The summed E-state index contributed by atoms with van der Waals surface area (Å²) in [6.07, 6.45) is 2.77. The Morgan fingerprint density at radius 3 is 2.68 bits per heavy atom. The molecule has 1 aromatic carbocycles. The van der Waals surface area contributed by atoms with Gasteiger partial charge in [0.25, 0.3) is 0 Å². The van der Waals surface area contributed by atoms with Crippen LogP contribution >= 0.6 is 0 Å². The molecule has 1 aliphatic rings. The molecule has 1 atom stereocenters. The van der Waals surface area contributed by atoms with Crippen molar-refractivity contribution in [2.24, 2.45) is 10.9 Å². The van der Waals surface area contributed by atoms with E-state index in [0.717, 1.165) is 37.6 Å². The van der Waals surface area contributed by atoms with Crippen molar-refractivity contribution in [3.05, 3.63) is 24.3 Å². The Balaban J connectivity index is 1.69. The number of hydrogen-bond donors (Lipinski definition) is 2. The van der Waals surface area contributed by atoms with Gasteiger partial charge >= 0.3 is 0 Å². The van der Waals surface area contributed by atoms with E-state index in [9.17, 15) is 4.79 Å². The van der Waals surface area contributed by atoms with Crippen LogP contribution in [0.3, 0.4) is 0 Å². The molecule has 2 N–H and O–H groups in total. The first-order chi connectivity index (χ1) is 13.6. The molecule has 28 heavy (non-hydrogen) atoms. The van der Waals surface area contributed by atoms with Gasteiger partial charge in [-0.15, -0.1) is 0 Å². The highest BCUT2D eigenvalue weighted by atomic mass is 16.5. The number of guanidine groups is 1. The van der Waals surface area contributed by atoms with Gasteiger partial charge in [0.05, 0.1) is 20.2 Å². The van der Waals surface area contributed by atoms with Crippen LogP contribution in [0.5, 0.6) is 11.5 Å². The molecule has 1 aromatic rings. The molecule has 0 aromatic heterocycles. The van der Waals surface area contributed by atoms with Crippen LogP contribution in [0, 0.1) is 5.92 Å². The third-order valence-corrected chi connectivity index (χ3v) is 4.67. The third kappa shape index (κ3) is 7.66. The van der Waals surface area contributed by atoms with E-state index in [1.807, 2.05) is 36.1 Å². The second-order valence-corrected chi connectivity index (χ2v) is 7.05. The van der Waals surface area contributed by atoms with E-state index in [1.165, 1.54) is 6.42 Å². The summed E-state index contributed by atoms with van der Waals surface area (Å²) >= 11 is 0. The average molecular weight is 391 g/mol. The number of ether oxygens (including phenoxy) is 2. The Hall–Kier alpha value is -2.44. The Bertz CT molecular complexity index is 619. The smallest absolute Gasteiger partial charge is 0.224 e. The standard InChI is InChI=1S/C21H34N4O3/c1-4-22-21(23-12-11-20(26)25-14-5-6-17(2)16-25)24-13-15-28-19-9-7-18(27-3)8-10-19/h7-10,17H,4-6,11-16H2,1-3H3,(H2,22,23,24). The van der Waals surface area contributed by atoms with Crippen LogP contribution in [0.4, 0.5) is 0 Å². The number of nitrogens with zero attached hydrogens (tertiary/aromatic N) is 2. The van der Waals surface area contributed by atoms with Crippen molar-refractivity contribution in [3.8, 4) is 11.5 Å². The summed E-state index contributed by atoms with van der Waals surface area (Å²) in [5, 5.41) is 6.44. The average Bonchev–Trinajstić information content (AvgIpc) is 2.71. The Morgan fingerprint density at radius 1 is 1.25 bits per heavy atom. The number of rotatable bonds is 9. The summed E-state index contributed by atoms with van der Waals surface area (Å²) in [7, 11) is 1.64. The van der Waals surface area contributed by atoms with Crippen LogP contribution in [0.25, 0.3) is 0 Å². The summed E-state index contributed by atoms with van der Waals surface area (Å²) in [6, 6.07) is 7.50. The first kappa shape index (κ1) is 21.9. The monoisotopic (exact) mass is 390 g/mol. The van der Waals surface area contributed by atoms with E-state index in [4.69, 9.17) is 9.47 Å². The zero-order valence-corrected chi connectivity index (χ0v) is 17.4. The van der Waals surface area contributed by atoms with E-state index in [-0.39, 0.29) is 5.91 Å². The van der Waals surface area contributed by atoms with Gasteiger partial charge in [0.15, 0.2) is 5.96 Å². The maximum atomic E-state index is 12.3. The molecule has 1 amide bonds. The lowest BCUT2D eigenvalue weighted by Crippen LogP contribution is -2.40. The summed E-state index contributed by atoms with van der Waals surface area (Å²) in [4.78, 5) is 18.8. The number of benzene rings is 1. The number of piperidine rings is 1. The van der Waals surface area contributed by atoms with Crippen molar-refractivity contribution < 1.29 is 14.3 Å². The second-order valence-electron chi connectivity index (χ2n) is 7.05. The molecular weight excluding hydrogens is 356 g/mol. The largest absolute Gasteiger partial charge is 0.497 e. The van der Waals surface area contributed by atoms with Crippen molar-refractivity contribution in [1.82, 2.24) is 15.5 Å². The molecule has 0 saturated carbocycles. The normalized spacial score (nSPS) is 17.2. The number of nitrogens with one attached hydrogen (secondary N) is 2. The predicted octanol–water partition coefficient (Wildman–Crippen LogP) is 2.28. The fourth-order valence-corrected chi connectivity index (χ4v) is 3.19. The van der Waals surface area contributed by atoms with Gasteiger partial charge in [0.1, 0.15) is 18.1 Å². The van der Waals surface area contributed by atoms with Gasteiger partial charge in [0, 0.05) is 26.1 Å². The molecular formula is C21H34N4O3. The lowest BCUT2D eigenvalue weighted by Gasteiger charge is -2.30. The maximum Gasteiger partial charge on any atom is 0.224 e. The molecule has 0 radical (unpaired) electrons. The molecule has 7 nitrogen and oxygen atoms in total.